The first-order chi connectivity index (χ1) is 10.5. The zero-order valence-electron chi connectivity index (χ0n) is 12.9. The van der Waals surface area contributed by atoms with E-state index in [1.165, 1.54) is 19.3 Å². The van der Waals surface area contributed by atoms with E-state index in [-0.39, 0.29) is 11.5 Å². The fourth-order valence-electron chi connectivity index (χ4n) is 1.98. The SMILES string of the molecule is COc1ccc(/C=C/C(=O)c2ccc(N(C)C)cc2)c(O)c1. The molecule has 0 aromatic heterocycles. The van der Waals surface area contributed by atoms with Gasteiger partial charge < -0.3 is 14.7 Å². The van der Waals surface area contributed by atoms with E-state index in [1.807, 2.05) is 31.1 Å². The number of ketones is 1. The Balaban J connectivity index is 2.14. The van der Waals surface area contributed by atoms with Crippen molar-refractivity contribution in [2.75, 3.05) is 26.1 Å². The number of benzene rings is 2. The Kier molecular flexibility index (Phi) is 4.84. The second kappa shape index (κ2) is 6.80. The summed E-state index contributed by atoms with van der Waals surface area (Å²) in [6.07, 6.45) is 3.04. The van der Waals surface area contributed by atoms with Gasteiger partial charge in [-0.1, -0.05) is 0 Å². The molecule has 2 rings (SSSR count). The molecule has 0 bridgehead atoms. The van der Waals surface area contributed by atoms with Crippen LogP contribution in [0.5, 0.6) is 11.5 Å². The number of anilines is 1. The minimum absolute atomic E-state index is 0.0753. The van der Waals surface area contributed by atoms with Crippen LogP contribution in [0, 0.1) is 0 Å². The topological polar surface area (TPSA) is 49.8 Å². The summed E-state index contributed by atoms with van der Waals surface area (Å²) < 4.78 is 5.02. The number of hydrogen-bond acceptors (Lipinski definition) is 4. The highest BCUT2D eigenvalue weighted by atomic mass is 16.5. The average molecular weight is 297 g/mol. The molecule has 4 nitrogen and oxygen atoms in total. The van der Waals surface area contributed by atoms with E-state index in [1.54, 1.807) is 30.3 Å². The highest BCUT2D eigenvalue weighted by Gasteiger charge is 2.04. The summed E-state index contributed by atoms with van der Waals surface area (Å²) in [5.74, 6) is 0.534. The van der Waals surface area contributed by atoms with E-state index in [0.717, 1.165) is 5.69 Å². The number of carbonyl (C=O) groups is 1. The van der Waals surface area contributed by atoms with Crippen LogP contribution in [-0.4, -0.2) is 32.1 Å². The van der Waals surface area contributed by atoms with Crippen LogP contribution in [0.25, 0.3) is 6.08 Å². The van der Waals surface area contributed by atoms with Crippen molar-refractivity contribution < 1.29 is 14.6 Å². The number of methoxy groups -OCH3 is 1. The van der Waals surface area contributed by atoms with E-state index in [9.17, 15) is 9.90 Å². The molecule has 2 aromatic rings. The van der Waals surface area contributed by atoms with Gasteiger partial charge in [0.05, 0.1) is 7.11 Å². The van der Waals surface area contributed by atoms with Crippen molar-refractivity contribution in [3.8, 4) is 11.5 Å². The predicted molar refractivity (Wildman–Crippen MR) is 88.8 cm³/mol. The van der Waals surface area contributed by atoms with Crippen molar-refractivity contribution in [2.45, 2.75) is 0 Å². The number of aromatic hydroxyl groups is 1. The van der Waals surface area contributed by atoms with Crippen molar-refractivity contribution in [2.24, 2.45) is 0 Å². The third-order valence-electron chi connectivity index (χ3n) is 3.32. The molecule has 4 heteroatoms. The summed E-state index contributed by atoms with van der Waals surface area (Å²) >= 11 is 0. The molecule has 0 radical (unpaired) electrons. The monoisotopic (exact) mass is 297 g/mol. The maximum absolute atomic E-state index is 12.1. The van der Waals surface area contributed by atoms with Crippen molar-refractivity contribution in [1.29, 1.82) is 0 Å². The Hall–Kier alpha value is -2.75. The van der Waals surface area contributed by atoms with E-state index < -0.39 is 0 Å². The average Bonchev–Trinajstić information content (AvgIpc) is 2.53. The summed E-state index contributed by atoms with van der Waals surface area (Å²) in [4.78, 5) is 14.1. The van der Waals surface area contributed by atoms with E-state index in [0.29, 0.717) is 16.9 Å². The Morgan fingerprint density at radius 2 is 1.82 bits per heavy atom. The van der Waals surface area contributed by atoms with Gasteiger partial charge in [0.1, 0.15) is 11.5 Å². The molecule has 0 heterocycles. The summed E-state index contributed by atoms with van der Waals surface area (Å²) in [6, 6.07) is 12.3. The number of allylic oxidation sites excluding steroid dienone is 1. The Morgan fingerprint density at radius 3 is 2.36 bits per heavy atom. The van der Waals surface area contributed by atoms with Crippen LogP contribution in [0.2, 0.25) is 0 Å². The van der Waals surface area contributed by atoms with Crippen LogP contribution in [0.15, 0.2) is 48.5 Å². The van der Waals surface area contributed by atoms with Crippen LogP contribution < -0.4 is 9.64 Å². The van der Waals surface area contributed by atoms with Crippen LogP contribution in [0.3, 0.4) is 0 Å². The van der Waals surface area contributed by atoms with Crippen LogP contribution in [-0.2, 0) is 0 Å². The van der Waals surface area contributed by atoms with Gasteiger partial charge in [0.15, 0.2) is 5.78 Å². The molecule has 2 aromatic carbocycles. The lowest BCUT2D eigenvalue weighted by Crippen LogP contribution is -2.08. The van der Waals surface area contributed by atoms with Crippen LogP contribution in [0.4, 0.5) is 5.69 Å². The summed E-state index contributed by atoms with van der Waals surface area (Å²) in [6.45, 7) is 0. The number of hydrogen-bond donors (Lipinski definition) is 1. The molecule has 114 valence electrons. The van der Waals surface area contributed by atoms with Crippen molar-refractivity contribution in [3.05, 3.63) is 59.7 Å². The van der Waals surface area contributed by atoms with Gasteiger partial charge in [0, 0.05) is 37.0 Å². The predicted octanol–water partition coefficient (Wildman–Crippen LogP) is 3.36. The Labute approximate surface area is 130 Å². The van der Waals surface area contributed by atoms with Gasteiger partial charge in [-0.2, -0.15) is 0 Å². The van der Waals surface area contributed by atoms with E-state index in [2.05, 4.69) is 0 Å². The van der Waals surface area contributed by atoms with Gasteiger partial charge in [0.25, 0.3) is 0 Å². The molecular formula is C18H19NO3. The van der Waals surface area contributed by atoms with Crippen molar-refractivity contribution in [3.63, 3.8) is 0 Å². The first-order valence-corrected chi connectivity index (χ1v) is 6.88. The maximum atomic E-state index is 12.1. The smallest absolute Gasteiger partial charge is 0.185 e. The first-order valence-electron chi connectivity index (χ1n) is 6.88. The summed E-state index contributed by atoms with van der Waals surface area (Å²) in [7, 11) is 5.43. The van der Waals surface area contributed by atoms with E-state index in [4.69, 9.17) is 4.74 Å². The normalized spacial score (nSPS) is 10.7. The van der Waals surface area contributed by atoms with Gasteiger partial charge >= 0.3 is 0 Å². The van der Waals surface area contributed by atoms with Gasteiger partial charge in [-0.05, 0) is 48.6 Å². The maximum Gasteiger partial charge on any atom is 0.185 e. The molecule has 0 saturated carbocycles. The first kappa shape index (κ1) is 15.6. The summed E-state index contributed by atoms with van der Waals surface area (Å²) in [5, 5.41) is 9.86. The lowest BCUT2D eigenvalue weighted by molar-refractivity contribution is 0.104. The molecule has 1 N–H and O–H groups in total. The fourth-order valence-corrected chi connectivity index (χ4v) is 1.98. The second-order valence-corrected chi connectivity index (χ2v) is 5.06. The number of phenolic OH excluding ortho intramolecular Hbond substituents is 1. The molecule has 0 atom stereocenters. The molecule has 0 aliphatic carbocycles. The number of rotatable bonds is 5. The van der Waals surface area contributed by atoms with Gasteiger partial charge in [-0.3, -0.25) is 4.79 Å². The zero-order chi connectivity index (χ0) is 16.1. The third kappa shape index (κ3) is 3.67. The second-order valence-electron chi connectivity index (χ2n) is 5.06. The molecule has 0 amide bonds. The molecule has 0 spiro atoms. The Morgan fingerprint density at radius 1 is 1.14 bits per heavy atom. The third-order valence-corrected chi connectivity index (χ3v) is 3.32. The lowest BCUT2D eigenvalue weighted by atomic mass is 10.1. The number of phenols is 1. The molecular weight excluding hydrogens is 278 g/mol. The van der Waals surface area contributed by atoms with Crippen molar-refractivity contribution in [1.82, 2.24) is 0 Å². The molecule has 0 saturated heterocycles. The Bertz CT molecular complexity index is 688. The number of ether oxygens (including phenoxy) is 1. The largest absolute Gasteiger partial charge is 0.507 e. The minimum Gasteiger partial charge on any atom is -0.507 e. The number of nitrogens with zero attached hydrogens (tertiary/aromatic N) is 1. The zero-order valence-corrected chi connectivity index (χ0v) is 12.9. The molecule has 0 fully saturated rings. The van der Waals surface area contributed by atoms with Gasteiger partial charge in [-0.25, -0.2) is 0 Å². The minimum atomic E-state index is -0.111. The van der Waals surface area contributed by atoms with Gasteiger partial charge in [0.2, 0.25) is 0 Å². The van der Waals surface area contributed by atoms with Crippen LogP contribution >= 0.6 is 0 Å². The van der Waals surface area contributed by atoms with Gasteiger partial charge in [-0.15, -0.1) is 0 Å². The lowest BCUT2D eigenvalue weighted by Gasteiger charge is -2.11. The molecule has 22 heavy (non-hydrogen) atoms. The molecule has 0 aliphatic heterocycles. The van der Waals surface area contributed by atoms with Crippen LogP contribution in [0.1, 0.15) is 15.9 Å². The van der Waals surface area contributed by atoms with Crippen molar-refractivity contribution >= 4 is 17.5 Å². The highest BCUT2D eigenvalue weighted by Crippen LogP contribution is 2.24. The van der Waals surface area contributed by atoms with E-state index >= 15 is 0 Å². The fraction of sp³-hybridized carbons (Fsp3) is 0.167. The standard InChI is InChI=1S/C18H19NO3/c1-19(2)15-8-4-13(5-9-15)17(20)11-7-14-6-10-16(22-3)12-18(14)21/h4-12,21H,1-3H3/b11-7+. The quantitative estimate of drug-likeness (QED) is 0.679. The molecule has 0 unspecified atom stereocenters. The number of carbonyl (C=O) groups excluding carboxylic acids is 1. The molecule has 0 aliphatic rings. The summed E-state index contributed by atoms with van der Waals surface area (Å²) in [5.41, 5.74) is 2.21. The highest BCUT2D eigenvalue weighted by molar-refractivity contribution is 6.07.